The zero-order valence-electron chi connectivity index (χ0n) is 14.0. The number of carbonyl (C=O) groups excluding carboxylic acids is 1. The maximum Gasteiger partial charge on any atom is 0.268 e. The molecule has 0 aliphatic heterocycles. The van der Waals surface area contributed by atoms with Gasteiger partial charge in [0.1, 0.15) is 6.10 Å². The molecule has 0 saturated heterocycles. The van der Waals surface area contributed by atoms with Crippen LogP contribution >= 0.6 is 11.8 Å². The Hall–Kier alpha value is -1.76. The fourth-order valence-corrected chi connectivity index (χ4v) is 3.21. The number of benzene rings is 2. The summed E-state index contributed by atoms with van der Waals surface area (Å²) in [5.41, 5.74) is 12.1. The lowest BCUT2D eigenvalue weighted by atomic mass is 10.1. The maximum atomic E-state index is 12.1. The van der Waals surface area contributed by atoms with Crippen LogP contribution in [0.2, 0.25) is 0 Å². The number of hydrazine groups is 1. The molecule has 0 aliphatic carbocycles. The van der Waals surface area contributed by atoms with E-state index in [0.29, 0.717) is 11.7 Å². The zero-order chi connectivity index (χ0) is 17.5. The van der Waals surface area contributed by atoms with Crippen LogP contribution in [0.3, 0.4) is 0 Å². The number of hydrogen-bond acceptors (Lipinski definition) is 5. The molecule has 0 spiro atoms. The van der Waals surface area contributed by atoms with Crippen molar-refractivity contribution in [1.82, 2.24) is 5.43 Å². The third-order valence-electron chi connectivity index (χ3n) is 3.69. The van der Waals surface area contributed by atoms with E-state index < -0.39 is 18.1 Å². The largest absolute Gasteiger partial charge is 0.382 e. The molecule has 0 radical (unpaired) electrons. The van der Waals surface area contributed by atoms with E-state index in [1.807, 2.05) is 42.5 Å². The molecule has 0 bridgehead atoms. The predicted molar refractivity (Wildman–Crippen MR) is 102 cm³/mol. The molecule has 2 aromatic rings. The molecule has 0 aliphatic rings. The molecule has 0 saturated carbocycles. The Morgan fingerprint density at radius 3 is 2.67 bits per heavy atom. The average Bonchev–Trinajstić information content (AvgIpc) is 2.58. The number of rotatable bonds is 8. The van der Waals surface area contributed by atoms with Gasteiger partial charge in [-0.05, 0) is 28.9 Å². The van der Waals surface area contributed by atoms with Crippen LogP contribution in [-0.2, 0) is 4.79 Å². The predicted octanol–water partition coefficient (Wildman–Crippen LogP) is 2.50. The number of thioether (sulfide) groups is 1. The van der Waals surface area contributed by atoms with Crippen molar-refractivity contribution in [3.05, 3.63) is 42.5 Å². The van der Waals surface area contributed by atoms with Crippen molar-refractivity contribution < 1.29 is 9.90 Å². The van der Waals surface area contributed by atoms with Crippen molar-refractivity contribution in [2.75, 3.05) is 11.2 Å². The first-order valence-electron chi connectivity index (χ1n) is 8.08. The third-order valence-corrected chi connectivity index (χ3v) is 4.82. The van der Waals surface area contributed by atoms with Gasteiger partial charge in [0.2, 0.25) is 0 Å². The van der Waals surface area contributed by atoms with E-state index in [-0.39, 0.29) is 0 Å². The number of hydrogen-bond donors (Lipinski definition) is 4. The van der Waals surface area contributed by atoms with Crippen LogP contribution in [0.1, 0.15) is 20.3 Å². The van der Waals surface area contributed by atoms with Gasteiger partial charge in [0, 0.05) is 11.4 Å². The summed E-state index contributed by atoms with van der Waals surface area (Å²) in [5.74, 6) is 0.296. The number of nitrogens with two attached hydrogens (primary N) is 1. The topological polar surface area (TPSA) is 87.4 Å². The number of fused-ring (bicyclic) bond motifs is 1. The normalized spacial score (nSPS) is 13.7. The molecule has 2 atom stereocenters. The Bertz CT molecular complexity index is 673. The van der Waals surface area contributed by atoms with Gasteiger partial charge < -0.3 is 10.8 Å². The van der Waals surface area contributed by atoms with Crippen molar-refractivity contribution >= 4 is 34.1 Å². The highest BCUT2D eigenvalue weighted by atomic mass is 32.2. The summed E-state index contributed by atoms with van der Waals surface area (Å²) in [6, 6.07) is 13.1. The molecule has 0 aromatic heterocycles. The van der Waals surface area contributed by atoms with Gasteiger partial charge in [0.15, 0.2) is 0 Å². The summed E-state index contributed by atoms with van der Waals surface area (Å²) in [6.07, 6.45) is -0.647. The third kappa shape index (κ3) is 5.12. The highest BCUT2D eigenvalue weighted by Gasteiger charge is 2.22. The van der Waals surface area contributed by atoms with E-state index in [1.54, 1.807) is 11.8 Å². The molecule has 1 amide bonds. The van der Waals surface area contributed by atoms with E-state index >= 15 is 0 Å². The molecular weight excluding hydrogens is 322 g/mol. The SMILES string of the molecule is CC(C)SCC[C@H](N)C(O)C(=O)NNc1cccc2ccccc12. The summed E-state index contributed by atoms with van der Waals surface area (Å²) < 4.78 is 0. The Labute approximate surface area is 147 Å². The summed E-state index contributed by atoms with van der Waals surface area (Å²) >= 11 is 1.76. The number of aliphatic hydroxyl groups is 1. The first kappa shape index (κ1) is 18.6. The standard InChI is InChI=1S/C18H25N3O2S/c1-12(2)24-11-10-15(19)17(22)18(23)21-20-16-9-5-7-13-6-3-4-8-14(13)16/h3-9,12,15,17,20,22H,10-11,19H2,1-2H3,(H,21,23)/t15-,17?/m0/s1. The van der Waals surface area contributed by atoms with Gasteiger partial charge in [-0.1, -0.05) is 50.2 Å². The van der Waals surface area contributed by atoms with Crippen molar-refractivity contribution in [2.24, 2.45) is 5.73 Å². The second-order valence-corrected chi connectivity index (χ2v) is 7.64. The lowest BCUT2D eigenvalue weighted by molar-refractivity contribution is -0.129. The Kier molecular flexibility index (Phi) is 6.90. The zero-order valence-corrected chi connectivity index (χ0v) is 14.8. The van der Waals surface area contributed by atoms with Gasteiger partial charge in [0.25, 0.3) is 5.91 Å². The monoisotopic (exact) mass is 347 g/mol. The molecular formula is C18H25N3O2S. The highest BCUT2D eigenvalue weighted by molar-refractivity contribution is 7.99. The smallest absolute Gasteiger partial charge is 0.268 e. The summed E-state index contributed by atoms with van der Waals surface area (Å²) in [7, 11) is 0. The lowest BCUT2D eigenvalue weighted by Gasteiger charge is -2.19. The van der Waals surface area contributed by atoms with E-state index in [0.717, 1.165) is 22.2 Å². The van der Waals surface area contributed by atoms with Crippen molar-refractivity contribution in [3.8, 4) is 0 Å². The molecule has 24 heavy (non-hydrogen) atoms. The van der Waals surface area contributed by atoms with E-state index in [2.05, 4.69) is 24.7 Å². The Morgan fingerprint density at radius 1 is 1.21 bits per heavy atom. The summed E-state index contributed by atoms with van der Waals surface area (Å²) in [5, 5.41) is 12.6. The lowest BCUT2D eigenvalue weighted by Crippen LogP contribution is -2.48. The van der Waals surface area contributed by atoms with Crippen LogP contribution in [0.4, 0.5) is 5.69 Å². The Morgan fingerprint density at radius 2 is 1.92 bits per heavy atom. The van der Waals surface area contributed by atoms with Gasteiger partial charge in [-0.3, -0.25) is 15.6 Å². The number of carbonyl (C=O) groups is 1. The van der Waals surface area contributed by atoms with Gasteiger partial charge in [-0.2, -0.15) is 11.8 Å². The van der Waals surface area contributed by atoms with Crippen molar-refractivity contribution in [1.29, 1.82) is 0 Å². The van der Waals surface area contributed by atoms with Crippen LogP contribution in [0.25, 0.3) is 10.8 Å². The first-order valence-corrected chi connectivity index (χ1v) is 9.13. The molecule has 0 heterocycles. The van der Waals surface area contributed by atoms with Crippen LogP contribution in [0.5, 0.6) is 0 Å². The molecule has 6 heteroatoms. The van der Waals surface area contributed by atoms with E-state index in [9.17, 15) is 9.90 Å². The Balaban J connectivity index is 1.89. The molecule has 2 aromatic carbocycles. The fraction of sp³-hybridized carbons (Fsp3) is 0.389. The van der Waals surface area contributed by atoms with Gasteiger partial charge in [0.05, 0.1) is 5.69 Å². The van der Waals surface area contributed by atoms with E-state index in [4.69, 9.17) is 5.73 Å². The van der Waals surface area contributed by atoms with Crippen LogP contribution in [0, 0.1) is 0 Å². The second-order valence-electron chi connectivity index (χ2n) is 5.96. The quantitative estimate of drug-likeness (QED) is 0.551. The minimum Gasteiger partial charge on any atom is -0.382 e. The molecule has 130 valence electrons. The molecule has 5 N–H and O–H groups in total. The van der Waals surface area contributed by atoms with Crippen LogP contribution in [0.15, 0.2) is 42.5 Å². The molecule has 5 nitrogen and oxygen atoms in total. The fourth-order valence-electron chi connectivity index (χ4n) is 2.33. The number of anilines is 1. The average molecular weight is 347 g/mol. The minimum absolute atomic E-state index is 0.510. The van der Waals surface area contributed by atoms with Gasteiger partial charge >= 0.3 is 0 Å². The van der Waals surface area contributed by atoms with Crippen LogP contribution in [-0.4, -0.2) is 34.2 Å². The van der Waals surface area contributed by atoms with Crippen molar-refractivity contribution in [2.45, 2.75) is 37.7 Å². The number of nitrogens with one attached hydrogen (secondary N) is 2. The number of amides is 1. The number of aliphatic hydroxyl groups excluding tert-OH is 1. The van der Waals surface area contributed by atoms with E-state index in [1.165, 1.54) is 0 Å². The summed E-state index contributed by atoms with van der Waals surface area (Å²) in [4.78, 5) is 12.1. The van der Waals surface area contributed by atoms with Crippen molar-refractivity contribution in [3.63, 3.8) is 0 Å². The van der Waals surface area contributed by atoms with Gasteiger partial charge in [-0.25, -0.2) is 0 Å². The second kappa shape index (κ2) is 8.92. The molecule has 2 rings (SSSR count). The minimum atomic E-state index is -1.24. The summed E-state index contributed by atoms with van der Waals surface area (Å²) in [6.45, 7) is 4.21. The molecule has 1 unspecified atom stereocenters. The molecule has 0 fully saturated rings. The highest BCUT2D eigenvalue weighted by Crippen LogP contribution is 2.22. The first-order chi connectivity index (χ1) is 11.5. The van der Waals surface area contributed by atoms with Crippen LogP contribution < -0.4 is 16.6 Å². The maximum absolute atomic E-state index is 12.1. The van der Waals surface area contributed by atoms with Gasteiger partial charge in [-0.15, -0.1) is 0 Å².